The van der Waals surface area contributed by atoms with Gasteiger partial charge in [-0.15, -0.1) is 0 Å². The molecule has 1 aromatic heterocycles. The maximum atomic E-state index is 12.2. The van der Waals surface area contributed by atoms with E-state index < -0.39 is 10.0 Å². The summed E-state index contributed by atoms with van der Waals surface area (Å²) in [6.45, 7) is 2.33. The summed E-state index contributed by atoms with van der Waals surface area (Å²) in [6.07, 6.45) is 2.10. The van der Waals surface area contributed by atoms with Gasteiger partial charge in [0, 0.05) is 19.0 Å². The Morgan fingerprint density at radius 2 is 1.90 bits per heavy atom. The zero-order valence-electron chi connectivity index (χ0n) is 12.2. The first kappa shape index (κ1) is 15.8. The summed E-state index contributed by atoms with van der Waals surface area (Å²) in [4.78, 5) is 0.272. The fraction of sp³-hybridized carbons (Fsp3) is 0.333. The van der Waals surface area contributed by atoms with Crippen LogP contribution in [0.15, 0.2) is 52.0 Å². The summed E-state index contributed by atoms with van der Waals surface area (Å²) >= 11 is 0. The molecule has 0 aliphatic carbocycles. The van der Waals surface area contributed by atoms with Crippen molar-refractivity contribution in [2.45, 2.75) is 24.3 Å². The highest BCUT2D eigenvalue weighted by Crippen LogP contribution is 2.15. The number of nitrogens with one attached hydrogen (secondary N) is 2. The number of hydrogen-bond acceptors (Lipinski definition) is 4. The molecular weight excluding hydrogens is 288 g/mol. The Morgan fingerprint density at radius 1 is 1.19 bits per heavy atom. The number of rotatable bonds is 7. The second kappa shape index (κ2) is 6.89. The van der Waals surface area contributed by atoms with Crippen LogP contribution in [-0.2, 0) is 16.4 Å². The van der Waals surface area contributed by atoms with E-state index in [4.69, 9.17) is 4.42 Å². The van der Waals surface area contributed by atoms with Crippen LogP contribution < -0.4 is 10.0 Å². The summed E-state index contributed by atoms with van der Waals surface area (Å²) in [5, 5.41) is 3.11. The third-order valence-electron chi connectivity index (χ3n) is 3.37. The van der Waals surface area contributed by atoms with Gasteiger partial charge in [-0.05, 0) is 43.8 Å². The second-order valence-corrected chi connectivity index (χ2v) is 6.57. The van der Waals surface area contributed by atoms with Crippen LogP contribution in [0, 0.1) is 0 Å². The monoisotopic (exact) mass is 308 g/mol. The average Bonchev–Trinajstić information content (AvgIpc) is 2.99. The van der Waals surface area contributed by atoms with Crippen LogP contribution in [0.3, 0.4) is 0 Å². The number of hydrogen-bond donors (Lipinski definition) is 2. The maximum absolute atomic E-state index is 12.2. The van der Waals surface area contributed by atoms with Crippen molar-refractivity contribution < 1.29 is 12.8 Å². The molecule has 5 nitrogen and oxygen atoms in total. The fourth-order valence-corrected chi connectivity index (χ4v) is 2.98. The third kappa shape index (κ3) is 4.17. The Kier molecular flexibility index (Phi) is 5.17. The van der Waals surface area contributed by atoms with E-state index in [-0.39, 0.29) is 10.9 Å². The largest absolute Gasteiger partial charge is 0.469 e. The molecule has 2 N–H and O–H groups in total. The van der Waals surface area contributed by atoms with Crippen molar-refractivity contribution in [3.63, 3.8) is 0 Å². The van der Waals surface area contributed by atoms with Crippen molar-refractivity contribution in [2.24, 2.45) is 0 Å². The van der Waals surface area contributed by atoms with Gasteiger partial charge in [-0.3, -0.25) is 0 Å². The summed E-state index contributed by atoms with van der Waals surface area (Å²) < 4.78 is 32.0. The van der Waals surface area contributed by atoms with Gasteiger partial charge in [0.2, 0.25) is 10.0 Å². The van der Waals surface area contributed by atoms with E-state index in [0.29, 0.717) is 13.0 Å². The van der Waals surface area contributed by atoms with Crippen molar-refractivity contribution >= 4 is 10.0 Å². The fourth-order valence-electron chi connectivity index (χ4n) is 1.95. The first-order valence-corrected chi connectivity index (χ1v) is 8.30. The zero-order valence-corrected chi connectivity index (χ0v) is 13.0. The molecule has 2 aromatic rings. The lowest BCUT2D eigenvalue weighted by molar-refractivity contribution is 0.506. The van der Waals surface area contributed by atoms with Gasteiger partial charge in [-0.2, -0.15) is 0 Å². The molecule has 0 fully saturated rings. The molecule has 0 aliphatic rings. The molecule has 0 saturated heterocycles. The molecule has 1 heterocycles. The molecular formula is C15H20N2O3S. The van der Waals surface area contributed by atoms with E-state index in [1.54, 1.807) is 24.5 Å². The summed E-state index contributed by atoms with van der Waals surface area (Å²) in [5.41, 5.74) is 1.05. The Hall–Kier alpha value is -1.63. The number of sulfonamides is 1. The van der Waals surface area contributed by atoms with E-state index in [9.17, 15) is 8.42 Å². The standard InChI is InChI=1S/C15H20N2O3S/c1-12(16-2)13-5-7-15(8-6-13)21(18,19)17-10-9-14-4-3-11-20-14/h3-8,11-12,16-17H,9-10H2,1-2H3. The summed E-state index contributed by atoms with van der Waals surface area (Å²) in [6, 6.07) is 10.7. The summed E-state index contributed by atoms with van der Waals surface area (Å²) in [5.74, 6) is 0.760. The first-order chi connectivity index (χ1) is 10.0. The van der Waals surface area contributed by atoms with Crippen molar-refractivity contribution in [2.75, 3.05) is 13.6 Å². The molecule has 1 atom stereocenters. The first-order valence-electron chi connectivity index (χ1n) is 6.82. The Balaban J connectivity index is 1.98. The van der Waals surface area contributed by atoms with Gasteiger partial charge in [-0.25, -0.2) is 13.1 Å². The Labute approximate surface area is 125 Å². The summed E-state index contributed by atoms with van der Waals surface area (Å²) in [7, 11) is -1.61. The molecule has 0 amide bonds. The van der Waals surface area contributed by atoms with Crippen LogP contribution in [0.25, 0.3) is 0 Å². The van der Waals surface area contributed by atoms with Gasteiger partial charge < -0.3 is 9.73 Å². The van der Waals surface area contributed by atoms with Gasteiger partial charge >= 0.3 is 0 Å². The SMILES string of the molecule is CNC(C)c1ccc(S(=O)(=O)NCCc2ccco2)cc1. The number of furan rings is 1. The van der Waals surface area contributed by atoms with E-state index >= 15 is 0 Å². The van der Waals surface area contributed by atoms with Crippen molar-refractivity contribution in [3.05, 3.63) is 54.0 Å². The van der Waals surface area contributed by atoms with Gasteiger partial charge in [0.15, 0.2) is 0 Å². The molecule has 0 bridgehead atoms. The highest BCUT2D eigenvalue weighted by atomic mass is 32.2. The lowest BCUT2D eigenvalue weighted by atomic mass is 10.1. The van der Waals surface area contributed by atoms with Gasteiger partial charge in [0.25, 0.3) is 0 Å². The van der Waals surface area contributed by atoms with E-state index in [1.807, 2.05) is 32.2 Å². The predicted octanol–water partition coefficient (Wildman–Crippen LogP) is 2.08. The van der Waals surface area contributed by atoms with Crippen molar-refractivity contribution in [1.82, 2.24) is 10.0 Å². The normalized spacial score (nSPS) is 13.2. The Bertz CT molecular complexity index is 649. The third-order valence-corrected chi connectivity index (χ3v) is 4.84. The quantitative estimate of drug-likeness (QED) is 0.821. The van der Waals surface area contributed by atoms with Crippen LogP contribution in [0.4, 0.5) is 0 Å². The van der Waals surface area contributed by atoms with Crippen LogP contribution in [0.2, 0.25) is 0 Å². The highest BCUT2D eigenvalue weighted by Gasteiger charge is 2.14. The molecule has 0 spiro atoms. The van der Waals surface area contributed by atoms with Gasteiger partial charge in [0.1, 0.15) is 5.76 Å². The molecule has 0 aliphatic heterocycles. The van der Waals surface area contributed by atoms with Crippen LogP contribution >= 0.6 is 0 Å². The van der Waals surface area contributed by atoms with Crippen LogP contribution in [0.1, 0.15) is 24.3 Å². The second-order valence-electron chi connectivity index (χ2n) is 4.81. The molecule has 2 rings (SSSR count). The molecule has 1 aromatic carbocycles. The lowest BCUT2D eigenvalue weighted by Crippen LogP contribution is -2.26. The molecule has 0 saturated carbocycles. The Morgan fingerprint density at radius 3 is 2.48 bits per heavy atom. The maximum Gasteiger partial charge on any atom is 0.240 e. The van der Waals surface area contributed by atoms with E-state index in [0.717, 1.165) is 11.3 Å². The van der Waals surface area contributed by atoms with Gasteiger partial charge in [0.05, 0.1) is 11.2 Å². The van der Waals surface area contributed by atoms with Gasteiger partial charge in [-0.1, -0.05) is 12.1 Å². The predicted molar refractivity (Wildman–Crippen MR) is 81.5 cm³/mol. The topological polar surface area (TPSA) is 71.3 Å². The molecule has 1 unspecified atom stereocenters. The van der Waals surface area contributed by atoms with E-state index in [2.05, 4.69) is 10.0 Å². The zero-order chi connectivity index (χ0) is 15.3. The highest BCUT2D eigenvalue weighted by molar-refractivity contribution is 7.89. The average molecular weight is 308 g/mol. The minimum absolute atomic E-state index is 0.189. The molecule has 6 heteroatoms. The van der Waals surface area contributed by atoms with Crippen LogP contribution in [-0.4, -0.2) is 22.0 Å². The molecule has 0 radical (unpaired) electrons. The van der Waals surface area contributed by atoms with Crippen LogP contribution in [0.5, 0.6) is 0 Å². The lowest BCUT2D eigenvalue weighted by Gasteiger charge is -2.11. The minimum Gasteiger partial charge on any atom is -0.469 e. The van der Waals surface area contributed by atoms with Crippen molar-refractivity contribution in [3.8, 4) is 0 Å². The smallest absolute Gasteiger partial charge is 0.240 e. The van der Waals surface area contributed by atoms with Crippen molar-refractivity contribution in [1.29, 1.82) is 0 Å². The number of benzene rings is 1. The molecule has 21 heavy (non-hydrogen) atoms. The molecule has 114 valence electrons. The van der Waals surface area contributed by atoms with E-state index in [1.165, 1.54) is 0 Å². The minimum atomic E-state index is -3.47.